The van der Waals surface area contributed by atoms with Gasteiger partial charge in [0.05, 0.1) is 6.61 Å². The minimum Gasteiger partial charge on any atom is -0.494 e. The van der Waals surface area contributed by atoms with Crippen LogP contribution in [0.4, 0.5) is 0 Å². The molecule has 0 amide bonds. The van der Waals surface area contributed by atoms with Gasteiger partial charge in [0.1, 0.15) is 16.9 Å². The molecule has 2 saturated heterocycles. The molecule has 2 aromatic carbocycles. The third kappa shape index (κ3) is 3.00. The molecular weight excluding hydrogens is 334 g/mol. The summed E-state index contributed by atoms with van der Waals surface area (Å²) in [6, 6.07) is 14.4. The van der Waals surface area contributed by atoms with Crippen LogP contribution < -0.4 is 4.74 Å². The normalized spacial score (nSPS) is 25.2. The fourth-order valence-electron chi connectivity index (χ4n) is 4.61. The minimum atomic E-state index is 0. The predicted molar refractivity (Wildman–Crippen MR) is 104 cm³/mol. The van der Waals surface area contributed by atoms with Gasteiger partial charge in [0.2, 0.25) is 0 Å². The molecule has 5 rings (SSSR count). The molecule has 0 aliphatic carbocycles. The van der Waals surface area contributed by atoms with Crippen LogP contribution in [0.3, 0.4) is 0 Å². The predicted octanol–water partition coefficient (Wildman–Crippen LogP) is 5.26. The van der Waals surface area contributed by atoms with E-state index < -0.39 is 0 Å². The van der Waals surface area contributed by atoms with Gasteiger partial charge in [0.25, 0.3) is 0 Å². The van der Waals surface area contributed by atoms with E-state index in [4.69, 9.17) is 9.15 Å². The second kappa shape index (κ2) is 6.54. The van der Waals surface area contributed by atoms with Gasteiger partial charge in [-0.25, -0.2) is 0 Å². The lowest BCUT2D eigenvalue weighted by atomic mass is 9.78. The minimum absolute atomic E-state index is 0. The van der Waals surface area contributed by atoms with Crippen molar-refractivity contribution in [1.29, 1.82) is 0 Å². The van der Waals surface area contributed by atoms with Crippen molar-refractivity contribution in [3.05, 3.63) is 42.5 Å². The van der Waals surface area contributed by atoms with Crippen molar-refractivity contribution in [2.75, 3.05) is 26.2 Å². The number of piperidine rings is 1. The molecule has 3 heterocycles. The summed E-state index contributed by atoms with van der Waals surface area (Å²) < 4.78 is 12.0. The van der Waals surface area contributed by atoms with Gasteiger partial charge in [-0.1, -0.05) is 18.2 Å². The second-order valence-electron chi connectivity index (χ2n) is 7.48. The van der Waals surface area contributed by atoms with Crippen LogP contribution in [0.5, 0.6) is 5.75 Å². The summed E-state index contributed by atoms with van der Waals surface area (Å²) >= 11 is 0. The summed E-state index contributed by atoms with van der Waals surface area (Å²) in [5.74, 6) is 0.955. The molecule has 1 aromatic heterocycles. The summed E-state index contributed by atoms with van der Waals surface area (Å²) in [5.41, 5.74) is 2.39. The van der Waals surface area contributed by atoms with Gasteiger partial charge in [0, 0.05) is 17.3 Å². The first-order chi connectivity index (χ1) is 11.8. The zero-order chi connectivity index (χ0) is 16.0. The average molecular weight is 358 g/mol. The number of ether oxygens (including phenoxy) is 1. The van der Waals surface area contributed by atoms with E-state index in [2.05, 4.69) is 23.1 Å². The fraction of sp³-hybridized carbons (Fsp3) is 0.429. The van der Waals surface area contributed by atoms with Crippen molar-refractivity contribution in [2.45, 2.75) is 25.7 Å². The number of nitrogens with zero attached hydrogens (tertiary/aromatic N) is 1. The highest BCUT2D eigenvalue weighted by Gasteiger charge is 2.40. The maximum atomic E-state index is 6.12. The van der Waals surface area contributed by atoms with E-state index in [1.54, 1.807) is 0 Å². The van der Waals surface area contributed by atoms with Gasteiger partial charge in [0.15, 0.2) is 0 Å². The summed E-state index contributed by atoms with van der Waals surface area (Å²) in [6.45, 7) is 4.68. The van der Waals surface area contributed by atoms with E-state index in [0.29, 0.717) is 5.41 Å². The zero-order valence-corrected chi connectivity index (χ0v) is 15.2. The summed E-state index contributed by atoms with van der Waals surface area (Å²) in [7, 11) is 0. The van der Waals surface area contributed by atoms with Crippen LogP contribution in [0.25, 0.3) is 21.9 Å². The van der Waals surface area contributed by atoms with Crippen molar-refractivity contribution < 1.29 is 9.15 Å². The number of furan rings is 1. The van der Waals surface area contributed by atoms with Crippen molar-refractivity contribution in [1.82, 2.24) is 4.90 Å². The van der Waals surface area contributed by atoms with Crippen molar-refractivity contribution in [2.24, 2.45) is 5.41 Å². The molecule has 2 fully saturated rings. The lowest BCUT2D eigenvalue weighted by Crippen LogP contribution is -2.34. The smallest absolute Gasteiger partial charge is 0.135 e. The molecule has 2 unspecified atom stereocenters. The first-order valence-electron chi connectivity index (χ1n) is 9.08. The van der Waals surface area contributed by atoms with Crippen LogP contribution >= 0.6 is 12.4 Å². The first kappa shape index (κ1) is 16.7. The van der Waals surface area contributed by atoms with E-state index in [0.717, 1.165) is 34.3 Å². The highest BCUT2D eigenvalue weighted by Crippen LogP contribution is 2.42. The van der Waals surface area contributed by atoms with E-state index in [-0.39, 0.29) is 12.4 Å². The standard InChI is InChI=1S/C21H23NO2.ClH/c1-2-5-19-17(4-1)18-14-16(6-7-20(18)24-19)23-13-10-21-8-3-11-22(15-21)12-9-21;/h1-2,4-7,14H,3,8-13,15H2;1H. The molecule has 4 heteroatoms. The first-order valence-corrected chi connectivity index (χ1v) is 9.08. The van der Waals surface area contributed by atoms with Crippen LogP contribution in [0.1, 0.15) is 25.7 Å². The highest BCUT2D eigenvalue weighted by atomic mass is 35.5. The SMILES string of the molecule is Cl.c1ccc2c(c1)oc1ccc(OCCC34CCCN(CC3)C4)cc12. The van der Waals surface area contributed by atoms with Crippen molar-refractivity contribution >= 4 is 34.3 Å². The van der Waals surface area contributed by atoms with Gasteiger partial charge >= 0.3 is 0 Å². The zero-order valence-electron chi connectivity index (χ0n) is 14.4. The third-order valence-electron chi connectivity index (χ3n) is 5.95. The number of para-hydroxylation sites is 1. The Morgan fingerprint density at radius 1 is 1.00 bits per heavy atom. The number of hydrogen-bond acceptors (Lipinski definition) is 3. The Kier molecular flexibility index (Phi) is 4.38. The topological polar surface area (TPSA) is 25.6 Å². The van der Waals surface area contributed by atoms with E-state index in [1.165, 1.54) is 45.3 Å². The largest absolute Gasteiger partial charge is 0.494 e. The van der Waals surface area contributed by atoms with E-state index in [9.17, 15) is 0 Å². The Morgan fingerprint density at radius 2 is 1.88 bits per heavy atom. The van der Waals surface area contributed by atoms with Crippen LogP contribution in [0, 0.1) is 5.41 Å². The molecule has 3 nitrogen and oxygen atoms in total. The molecule has 2 aliphatic heterocycles. The molecular formula is C21H24ClNO2. The summed E-state index contributed by atoms with van der Waals surface area (Å²) in [4.78, 5) is 2.62. The Hall–Kier alpha value is -1.71. The number of hydrogen-bond donors (Lipinski definition) is 0. The monoisotopic (exact) mass is 357 g/mol. The Balaban J connectivity index is 0.00000157. The lowest BCUT2D eigenvalue weighted by molar-refractivity contribution is 0.142. The molecule has 25 heavy (non-hydrogen) atoms. The van der Waals surface area contributed by atoms with Gasteiger partial charge in [-0.05, 0) is 68.5 Å². The van der Waals surface area contributed by atoms with Crippen molar-refractivity contribution in [3.8, 4) is 5.75 Å². The molecule has 3 aromatic rings. The van der Waals surface area contributed by atoms with Gasteiger partial charge in [-0.2, -0.15) is 0 Å². The number of rotatable bonds is 4. The second-order valence-corrected chi connectivity index (χ2v) is 7.48. The Bertz CT molecular complexity index is 886. The molecule has 0 saturated carbocycles. The van der Waals surface area contributed by atoms with Crippen LogP contribution in [0.2, 0.25) is 0 Å². The third-order valence-corrected chi connectivity index (χ3v) is 5.95. The number of fused-ring (bicyclic) bond motifs is 5. The van der Waals surface area contributed by atoms with Crippen LogP contribution in [-0.2, 0) is 0 Å². The molecule has 0 spiro atoms. The number of benzene rings is 2. The molecule has 132 valence electrons. The van der Waals surface area contributed by atoms with Crippen molar-refractivity contribution in [3.63, 3.8) is 0 Å². The Labute approximate surface area is 154 Å². The van der Waals surface area contributed by atoms with Gasteiger partial charge in [-0.3, -0.25) is 0 Å². The molecule has 2 aliphatic rings. The molecule has 0 N–H and O–H groups in total. The Morgan fingerprint density at radius 3 is 2.84 bits per heavy atom. The van der Waals surface area contributed by atoms with Crippen LogP contribution in [-0.4, -0.2) is 31.1 Å². The summed E-state index contributed by atoms with van der Waals surface area (Å²) in [5, 5.41) is 2.31. The maximum absolute atomic E-state index is 6.12. The van der Waals surface area contributed by atoms with Gasteiger partial charge in [-0.15, -0.1) is 12.4 Å². The maximum Gasteiger partial charge on any atom is 0.135 e. The quantitative estimate of drug-likeness (QED) is 0.636. The molecule has 2 atom stereocenters. The number of halogens is 1. The molecule has 0 radical (unpaired) electrons. The fourth-order valence-corrected chi connectivity index (χ4v) is 4.61. The van der Waals surface area contributed by atoms with Gasteiger partial charge < -0.3 is 14.1 Å². The van der Waals surface area contributed by atoms with E-state index >= 15 is 0 Å². The average Bonchev–Trinajstić information content (AvgIpc) is 3.12. The highest BCUT2D eigenvalue weighted by molar-refractivity contribution is 6.05. The lowest BCUT2D eigenvalue weighted by Gasteiger charge is -2.33. The van der Waals surface area contributed by atoms with Crippen LogP contribution in [0.15, 0.2) is 46.9 Å². The molecule has 2 bridgehead atoms. The summed E-state index contributed by atoms with van der Waals surface area (Å²) in [6.07, 6.45) is 5.25. The van der Waals surface area contributed by atoms with E-state index in [1.807, 2.05) is 24.3 Å².